The third-order valence-electron chi connectivity index (χ3n) is 3.45. The molecule has 2 aromatic rings. The second kappa shape index (κ2) is 6.83. The number of hydrogen-bond acceptors (Lipinski definition) is 3. The molecule has 2 rings (SSSR count). The van der Waals surface area contributed by atoms with Crippen LogP contribution in [0.5, 0.6) is 0 Å². The minimum Gasteiger partial charge on any atom is -0.321 e. The minimum atomic E-state index is -3.46. The van der Waals surface area contributed by atoms with Gasteiger partial charge in [0.15, 0.2) is 0 Å². The molecule has 0 aliphatic carbocycles. The van der Waals surface area contributed by atoms with Crippen LogP contribution >= 0.6 is 0 Å². The summed E-state index contributed by atoms with van der Waals surface area (Å²) < 4.78 is 25.3. The second-order valence-corrected chi connectivity index (χ2v) is 7.08. The summed E-state index contributed by atoms with van der Waals surface area (Å²) >= 11 is 0. The molecule has 0 fully saturated rings. The predicted octanol–water partition coefficient (Wildman–Crippen LogP) is 3.18. The Labute approximate surface area is 136 Å². The van der Waals surface area contributed by atoms with Gasteiger partial charge >= 0.3 is 0 Å². The Bertz CT molecular complexity index is 829. The van der Waals surface area contributed by atoms with E-state index in [0.29, 0.717) is 0 Å². The fourth-order valence-electron chi connectivity index (χ4n) is 2.35. The number of sulfonamides is 1. The van der Waals surface area contributed by atoms with Gasteiger partial charge in [0, 0.05) is 5.69 Å². The van der Waals surface area contributed by atoms with Gasteiger partial charge in [0.05, 0.1) is 17.5 Å². The summed E-state index contributed by atoms with van der Waals surface area (Å²) in [5, 5.41) is 2.90. The fraction of sp³-hybridized carbons (Fsp3) is 0.235. The Morgan fingerprint density at radius 2 is 1.78 bits per heavy atom. The minimum absolute atomic E-state index is 0.263. The van der Waals surface area contributed by atoms with Gasteiger partial charge in [-0.15, -0.1) is 0 Å². The van der Waals surface area contributed by atoms with Crippen LogP contribution in [0.15, 0.2) is 42.5 Å². The quantitative estimate of drug-likeness (QED) is 0.883. The van der Waals surface area contributed by atoms with E-state index in [-0.39, 0.29) is 17.2 Å². The van der Waals surface area contributed by atoms with Crippen molar-refractivity contribution in [2.75, 3.05) is 16.3 Å². The van der Waals surface area contributed by atoms with Gasteiger partial charge in [-0.05, 0) is 36.6 Å². The molecule has 6 heteroatoms. The van der Waals surface area contributed by atoms with Crippen LogP contribution in [0, 0.1) is 6.92 Å². The average Bonchev–Trinajstić information content (AvgIpc) is 2.48. The van der Waals surface area contributed by atoms with Gasteiger partial charge in [0.1, 0.15) is 0 Å². The van der Waals surface area contributed by atoms with E-state index in [0.717, 1.165) is 29.5 Å². The number of hydrogen-bond donors (Lipinski definition) is 2. The predicted molar refractivity (Wildman–Crippen MR) is 93.4 cm³/mol. The van der Waals surface area contributed by atoms with Crippen molar-refractivity contribution >= 4 is 27.3 Å². The van der Waals surface area contributed by atoms with Crippen molar-refractivity contribution in [2.24, 2.45) is 0 Å². The van der Waals surface area contributed by atoms with E-state index in [4.69, 9.17) is 0 Å². The summed E-state index contributed by atoms with van der Waals surface area (Å²) in [6, 6.07) is 12.4. The fourth-order valence-corrected chi connectivity index (χ4v) is 2.93. The van der Waals surface area contributed by atoms with Crippen molar-refractivity contribution in [2.45, 2.75) is 20.3 Å². The van der Waals surface area contributed by atoms with Crippen LogP contribution in [0.1, 0.15) is 28.4 Å². The highest BCUT2D eigenvalue weighted by Crippen LogP contribution is 2.24. The van der Waals surface area contributed by atoms with E-state index in [1.54, 1.807) is 24.3 Å². The Kier molecular flexibility index (Phi) is 5.05. The lowest BCUT2D eigenvalue weighted by molar-refractivity contribution is 0.102. The van der Waals surface area contributed by atoms with Gasteiger partial charge in [0.25, 0.3) is 5.91 Å². The highest BCUT2D eigenvalue weighted by atomic mass is 32.2. The molecule has 0 unspecified atom stereocenters. The number of benzene rings is 2. The van der Waals surface area contributed by atoms with E-state index < -0.39 is 10.0 Å². The summed E-state index contributed by atoms with van der Waals surface area (Å²) in [5.41, 5.74) is 3.31. The molecule has 2 N–H and O–H groups in total. The van der Waals surface area contributed by atoms with Gasteiger partial charge < -0.3 is 5.32 Å². The van der Waals surface area contributed by atoms with E-state index >= 15 is 0 Å². The summed E-state index contributed by atoms with van der Waals surface area (Å²) in [5.74, 6) is -0.347. The van der Waals surface area contributed by atoms with Crippen LogP contribution in [0.3, 0.4) is 0 Å². The third kappa shape index (κ3) is 4.32. The highest BCUT2D eigenvalue weighted by Gasteiger charge is 2.15. The summed E-state index contributed by atoms with van der Waals surface area (Å²) in [6.07, 6.45) is 1.85. The Morgan fingerprint density at radius 3 is 2.43 bits per heavy atom. The van der Waals surface area contributed by atoms with Gasteiger partial charge in [-0.25, -0.2) is 8.42 Å². The van der Waals surface area contributed by atoms with Crippen molar-refractivity contribution in [3.8, 4) is 0 Å². The number of para-hydroxylation sites is 2. The zero-order chi connectivity index (χ0) is 17.0. The number of aryl methyl sites for hydroxylation is 2. The number of nitrogens with one attached hydrogen (secondary N) is 2. The standard InChI is InChI=1S/C17H20N2O3S/c1-4-13-9-7-8-12(2)16(13)18-17(20)14-10-5-6-11-15(14)19-23(3,21)22/h5-11,19H,4H2,1-3H3,(H,18,20). The van der Waals surface area contributed by atoms with Crippen LogP contribution in [0.2, 0.25) is 0 Å². The zero-order valence-electron chi connectivity index (χ0n) is 13.4. The lowest BCUT2D eigenvalue weighted by atomic mass is 10.1. The highest BCUT2D eigenvalue weighted by molar-refractivity contribution is 7.92. The zero-order valence-corrected chi connectivity index (χ0v) is 14.2. The molecule has 0 saturated heterocycles. The van der Waals surface area contributed by atoms with Crippen molar-refractivity contribution in [3.05, 3.63) is 59.2 Å². The summed E-state index contributed by atoms with van der Waals surface area (Å²) in [4.78, 5) is 12.6. The molecule has 0 spiro atoms. The Balaban J connectivity index is 2.36. The molecule has 122 valence electrons. The maximum Gasteiger partial charge on any atom is 0.257 e. The molecule has 0 atom stereocenters. The maximum absolute atomic E-state index is 12.6. The van der Waals surface area contributed by atoms with Crippen molar-refractivity contribution in [1.82, 2.24) is 0 Å². The molecule has 0 saturated carbocycles. The van der Waals surface area contributed by atoms with Gasteiger partial charge in [-0.2, -0.15) is 0 Å². The van der Waals surface area contributed by atoms with E-state index in [9.17, 15) is 13.2 Å². The molecule has 0 bridgehead atoms. The van der Waals surface area contributed by atoms with Crippen LogP contribution in [-0.4, -0.2) is 20.6 Å². The van der Waals surface area contributed by atoms with Gasteiger partial charge in [-0.3, -0.25) is 9.52 Å². The first-order valence-corrected chi connectivity index (χ1v) is 9.17. The van der Waals surface area contributed by atoms with Crippen LogP contribution in [0.4, 0.5) is 11.4 Å². The van der Waals surface area contributed by atoms with Crippen LogP contribution in [0.25, 0.3) is 0 Å². The van der Waals surface area contributed by atoms with Gasteiger partial charge in [-0.1, -0.05) is 37.3 Å². The SMILES string of the molecule is CCc1cccc(C)c1NC(=O)c1ccccc1NS(C)(=O)=O. The maximum atomic E-state index is 12.6. The number of amides is 1. The Hall–Kier alpha value is -2.34. The number of anilines is 2. The number of carbonyl (C=O) groups excluding carboxylic acids is 1. The molecule has 0 aliphatic rings. The first kappa shape index (κ1) is 17.0. The van der Waals surface area contributed by atoms with Crippen LogP contribution < -0.4 is 10.0 Å². The summed E-state index contributed by atoms with van der Waals surface area (Å²) in [6.45, 7) is 3.94. The van der Waals surface area contributed by atoms with Gasteiger partial charge in [0.2, 0.25) is 10.0 Å². The van der Waals surface area contributed by atoms with E-state index in [1.165, 1.54) is 0 Å². The first-order valence-electron chi connectivity index (χ1n) is 7.28. The van der Waals surface area contributed by atoms with E-state index in [1.807, 2.05) is 32.0 Å². The van der Waals surface area contributed by atoms with Crippen LogP contribution in [-0.2, 0) is 16.4 Å². The summed E-state index contributed by atoms with van der Waals surface area (Å²) in [7, 11) is -3.46. The van der Waals surface area contributed by atoms with Crippen molar-refractivity contribution < 1.29 is 13.2 Å². The average molecular weight is 332 g/mol. The number of carbonyl (C=O) groups is 1. The third-order valence-corrected chi connectivity index (χ3v) is 4.04. The molecule has 0 radical (unpaired) electrons. The molecule has 2 aromatic carbocycles. The molecule has 5 nitrogen and oxygen atoms in total. The molecule has 23 heavy (non-hydrogen) atoms. The topological polar surface area (TPSA) is 75.3 Å². The monoisotopic (exact) mass is 332 g/mol. The van der Waals surface area contributed by atoms with E-state index in [2.05, 4.69) is 10.0 Å². The number of rotatable bonds is 5. The molecule has 0 heterocycles. The Morgan fingerprint density at radius 1 is 1.09 bits per heavy atom. The lowest BCUT2D eigenvalue weighted by Gasteiger charge is -2.15. The molecular weight excluding hydrogens is 312 g/mol. The normalized spacial score (nSPS) is 11.1. The largest absolute Gasteiger partial charge is 0.321 e. The molecule has 0 aromatic heterocycles. The van der Waals surface area contributed by atoms with Crippen molar-refractivity contribution in [1.29, 1.82) is 0 Å². The second-order valence-electron chi connectivity index (χ2n) is 5.34. The molecule has 0 aliphatic heterocycles. The molecule has 1 amide bonds. The first-order chi connectivity index (χ1) is 10.8. The molecular formula is C17H20N2O3S. The smallest absolute Gasteiger partial charge is 0.257 e. The van der Waals surface area contributed by atoms with Crippen molar-refractivity contribution in [3.63, 3.8) is 0 Å². The lowest BCUT2D eigenvalue weighted by Crippen LogP contribution is -2.18.